The number of rotatable bonds is 6. The van der Waals surface area contributed by atoms with Crippen molar-refractivity contribution in [3.8, 4) is 5.75 Å². The number of hydrogen-bond donors (Lipinski definition) is 0. The Labute approximate surface area is 125 Å². The van der Waals surface area contributed by atoms with Gasteiger partial charge in [-0.05, 0) is 45.0 Å². The maximum Gasteiger partial charge on any atom is 0.248 e. The van der Waals surface area contributed by atoms with Crippen molar-refractivity contribution in [1.29, 1.82) is 0 Å². The zero-order valence-electron chi connectivity index (χ0n) is 12.5. The van der Waals surface area contributed by atoms with E-state index in [0.29, 0.717) is 18.2 Å². The Hall–Kier alpha value is -1.26. The van der Waals surface area contributed by atoms with E-state index < -0.39 is 0 Å². The molecular weight excluding hydrogens is 278 g/mol. The number of nitrogens with zero attached hydrogens (tertiary/aromatic N) is 1. The highest BCUT2D eigenvalue weighted by Gasteiger charge is 2.15. The van der Waals surface area contributed by atoms with Crippen molar-refractivity contribution in [3.63, 3.8) is 0 Å². The first-order chi connectivity index (χ1) is 9.28. The van der Waals surface area contributed by atoms with E-state index in [2.05, 4.69) is 0 Å². The Morgan fingerprint density at radius 2 is 1.85 bits per heavy atom. The summed E-state index contributed by atoms with van der Waals surface area (Å²) in [5.74, 6) is 0.681. The first kappa shape index (κ1) is 16.8. The van der Waals surface area contributed by atoms with E-state index in [0.717, 1.165) is 5.75 Å². The molecule has 0 heterocycles. The molecule has 1 rings (SSSR count). The number of carbonyl (C=O) groups is 1. The van der Waals surface area contributed by atoms with Crippen LogP contribution in [-0.2, 0) is 9.53 Å². The van der Waals surface area contributed by atoms with Gasteiger partial charge in [-0.2, -0.15) is 0 Å². The van der Waals surface area contributed by atoms with Crippen molar-refractivity contribution in [1.82, 2.24) is 4.90 Å². The molecule has 0 saturated heterocycles. The molecule has 0 aliphatic rings. The van der Waals surface area contributed by atoms with E-state index in [9.17, 15) is 4.79 Å². The van der Waals surface area contributed by atoms with Crippen LogP contribution in [0.5, 0.6) is 5.75 Å². The highest BCUT2D eigenvalue weighted by Crippen LogP contribution is 2.15. The molecule has 0 fully saturated rings. The number of likely N-dealkylation sites (N-methyl/N-ethyl adjacent to an activating group) is 1. The lowest BCUT2D eigenvalue weighted by Gasteiger charge is -2.22. The smallest absolute Gasteiger partial charge is 0.248 e. The van der Waals surface area contributed by atoms with E-state index in [-0.39, 0.29) is 18.1 Å². The standard InChI is InChI=1S/C15H22ClNO3/c1-15(2,3)20-11-14(18)17(4)9-10-19-13-7-5-12(16)6-8-13/h5-8H,9-11H2,1-4H3. The van der Waals surface area contributed by atoms with Crippen LogP contribution >= 0.6 is 11.6 Å². The van der Waals surface area contributed by atoms with Crippen LogP contribution in [0.3, 0.4) is 0 Å². The molecule has 0 radical (unpaired) electrons. The Morgan fingerprint density at radius 1 is 1.25 bits per heavy atom. The molecule has 0 saturated carbocycles. The summed E-state index contributed by atoms with van der Waals surface area (Å²) in [6.07, 6.45) is 0. The van der Waals surface area contributed by atoms with Gasteiger partial charge in [0.1, 0.15) is 19.0 Å². The summed E-state index contributed by atoms with van der Waals surface area (Å²) in [7, 11) is 1.74. The molecule has 1 aromatic carbocycles. The van der Waals surface area contributed by atoms with Crippen LogP contribution in [0.15, 0.2) is 24.3 Å². The van der Waals surface area contributed by atoms with Crippen LogP contribution in [0.4, 0.5) is 0 Å². The molecule has 1 aromatic rings. The summed E-state index contributed by atoms with van der Waals surface area (Å²) >= 11 is 5.79. The third-order valence-electron chi connectivity index (χ3n) is 2.56. The second kappa shape index (κ2) is 7.50. The average molecular weight is 300 g/mol. The number of amides is 1. The lowest BCUT2D eigenvalue weighted by atomic mass is 10.2. The van der Waals surface area contributed by atoms with Crippen LogP contribution in [0.2, 0.25) is 5.02 Å². The zero-order valence-corrected chi connectivity index (χ0v) is 13.2. The largest absolute Gasteiger partial charge is 0.492 e. The molecular formula is C15H22ClNO3. The second-order valence-corrected chi connectivity index (χ2v) is 5.96. The van der Waals surface area contributed by atoms with Gasteiger partial charge >= 0.3 is 0 Å². The highest BCUT2D eigenvalue weighted by atomic mass is 35.5. The molecule has 0 spiro atoms. The van der Waals surface area contributed by atoms with Crippen LogP contribution in [0, 0.1) is 0 Å². The van der Waals surface area contributed by atoms with Crippen molar-refractivity contribution >= 4 is 17.5 Å². The minimum absolute atomic E-state index is 0.0559. The second-order valence-electron chi connectivity index (χ2n) is 5.52. The fourth-order valence-electron chi connectivity index (χ4n) is 1.34. The van der Waals surface area contributed by atoms with Gasteiger partial charge in [0.05, 0.1) is 12.1 Å². The van der Waals surface area contributed by atoms with Gasteiger partial charge in [-0.1, -0.05) is 11.6 Å². The Balaban J connectivity index is 2.27. The molecule has 0 atom stereocenters. The number of hydrogen-bond acceptors (Lipinski definition) is 3. The summed E-state index contributed by atoms with van der Waals surface area (Å²) < 4.78 is 11.0. The maximum atomic E-state index is 11.8. The molecule has 20 heavy (non-hydrogen) atoms. The number of benzene rings is 1. The Kier molecular flexibility index (Phi) is 6.30. The van der Waals surface area contributed by atoms with Gasteiger partial charge in [0.2, 0.25) is 5.91 Å². The minimum Gasteiger partial charge on any atom is -0.492 e. The number of halogens is 1. The number of ether oxygens (including phenoxy) is 2. The van der Waals surface area contributed by atoms with Crippen molar-refractivity contribution in [2.24, 2.45) is 0 Å². The van der Waals surface area contributed by atoms with E-state index in [1.54, 1.807) is 36.2 Å². The lowest BCUT2D eigenvalue weighted by Crippen LogP contribution is -2.36. The molecule has 0 bridgehead atoms. The molecule has 5 heteroatoms. The first-order valence-corrected chi connectivity index (χ1v) is 6.92. The van der Waals surface area contributed by atoms with Crippen molar-refractivity contribution < 1.29 is 14.3 Å². The Bertz CT molecular complexity index is 426. The monoisotopic (exact) mass is 299 g/mol. The van der Waals surface area contributed by atoms with Crippen molar-refractivity contribution in [2.75, 3.05) is 26.8 Å². The molecule has 0 aromatic heterocycles. The van der Waals surface area contributed by atoms with Crippen LogP contribution in [0.25, 0.3) is 0 Å². The normalized spacial score (nSPS) is 11.2. The summed E-state index contributed by atoms with van der Waals surface area (Å²) in [5.41, 5.74) is -0.309. The quantitative estimate of drug-likeness (QED) is 0.810. The maximum absolute atomic E-state index is 11.8. The van der Waals surface area contributed by atoms with Gasteiger partial charge in [0, 0.05) is 12.1 Å². The van der Waals surface area contributed by atoms with E-state index in [4.69, 9.17) is 21.1 Å². The first-order valence-electron chi connectivity index (χ1n) is 6.54. The molecule has 112 valence electrons. The molecule has 0 aliphatic heterocycles. The predicted octanol–water partition coefficient (Wildman–Crippen LogP) is 2.99. The molecule has 0 N–H and O–H groups in total. The minimum atomic E-state index is -0.309. The van der Waals surface area contributed by atoms with Crippen LogP contribution in [-0.4, -0.2) is 43.2 Å². The third kappa shape index (κ3) is 6.78. The molecule has 4 nitrogen and oxygen atoms in total. The van der Waals surface area contributed by atoms with E-state index >= 15 is 0 Å². The topological polar surface area (TPSA) is 38.8 Å². The van der Waals surface area contributed by atoms with Gasteiger partial charge in [0.25, 0.3) is 0 Å². The summed E-state index contributed by atoms with van der Waals surface area (Å²) in [5, 5.41) is 0.670. The van der Waals surface area contributed by atoms with Crippen LogP contribution in [0.1, 0.15) is 20.8 Å². The molecule has 0 aliphatic carbocycles. The lowest BCUT2D eigenvalue weighted by molar-refractivity contribution is -0.140. The van der Waals surface area contributed by atoms with Gasteiger partial charge < -0.3 is 14.4 Å². The summed E-state index contributed by atoms with van der Waals surface area (Å²) in [6.45, 7) is 6.78. The van der Waals surface area contributed by atoms with Crippen LogP contribution < -0.4 is 4.74 Å². The average Bonchev–Trinajstić information content (AvgIpc) is 2.37. The van der Waals surface area contributed by atoms with Gasteiger partial charge in [0.15, 0.2) is 0 Å². The fourth-order valence-corrected chi connectivity index (χ4v) is 1.47. The van der Waals surface area contributed by atoms with Gasteiger partial charge in [-0.25, -0.2) is 0 Å². The van der Waals surface area contributed by atoms with Crippen molar-refractivity contribution in [2.45, 2.75) is 26.4 Å². The van der Waals surface area contributed by atoms with Crippen molar-refractivity contribution in [3.05, 3.63) is 29.3 Å². The predicted molar refractivity (Wildman–Crippen MR) is 80.3 cm³/mol. The summed E-state index contributed by atoms with van der Waals surface area (Å²) in [6, 6.07) is 7.13. The highest BCUT2D eigenvalue weighted by molar-refractivity contribution is 6.30. The summed E-state index contributed by atoms with van der Waals surface area (Å²) in [4.78, 5) is 13.4. The zero-order chi connectivity index (χ0) is 15.2. The van der Waals surface area contributed by atoms with Gasteiger partial charge in [-0.15, -0.1) is 0 Å². The third-order valence-corrected chi connectivity index (χ3v) is 2.82. The molecule has 0 unspecified atom stereocenters. The van der Waals surface area contributed by atoms with Gasteiger partial charge in [-0.3, -0.25) is 4.79 Å². The number of carbonyl (C=O) groups excluding carboxylic acids is 1. The fraction of sp³-hybridized carbons (Fsp3) is 0.533. The Morgan fingerprint density at radius 3 is 2.40 bits per heavy atom. The molecule has 1 amide bonds. The van der Waals surface area contributed by atoms with E-state index in [1.807, 2.05) is 20.8 Å². The van der Waals surface area contributed by atoms with E-state index in [1.165, 1.54) is 0 Å². The SMILES string of the molecule is CN(CCOc1ccc(Cl)cc1)C(=O)COC(C)(C)C.